The minimum Gasteiger partial charge on any atom is -0.383 e. The molecule has 1 aromatic rings. The molecule has 0 saturated carbocycles. The van der Waals surface area contributed by atoms with Crippen LogP contribution in [0.25, 0.3) is 0 Å². The molecule has 72 valence electrons. The zero-order valence-electron chi connectivity index (χ0n) is 8.21. The first-order chi connectivity index (χ1) is 6.36. The van der Waals surface area contributed by atoms with Gasteiger partial charge in [0.05, 0.1) is 6.61 Å². The zero-order valence-corrected chi connectivity index (χ0v) is 8.21. The Bertz CT molecular complexity index is 233. The van der Waals surface area contributed by atoms with Gasteiger partial charge in [-0.3, -0.25) is 0 Å². The summed E-state index contributed by atoms with van der Waals surface area (Å²) in [7, 11) is 1.69. The van der Waals surface area contributed by atoms with Gasteiger partial charge in [-0.2, -0.15) is 0 Å². The summed E-state index contributed by atoms with van der Waals surface area (Å²) in [4.78, 5) is 4.25. The van der Waals surface area contributed by atoms with Crippen LogP contribution in [0.2, 0.25) is 0 Å². The Labute approximate surface area is 79.1 Å². The van der Waals surface area contributed by atoms with Crippen LogP contribution < -0.4 is 5.32 Å². The van der Waals surface area contributed by atoms with Crippen molar-refractivity contribution in [1.82, 2.24) is 4.98 Å². The smallest absolute Gasteiger partial charge is 0.125 e. The van der Waals surface area contributed by atoms with E-state index >= 15 is 0 Å². The van der Waals surface area contributed by atoms with Crippen molar-refractivity contribution in [2.75, 3.05) is 25.6 Å². The molecule has 0 atom stereocenters. The van der Waals surface area contributed by atoms with Gasteiger partial charge in [0, 0.05) is 19.9 Å². The summed E-state index contributed by atoms with van der Waals surface area (Å²) in [5.74, 6) is 0.911. The van der Waals surface area contributed by atoms with E-state index in [1.54, 1.807) is 7.11 Å². The highest BCUT2D eigenvalue weighted by Gasteiger charge is 1.92. The van der Waals surface area contributed by atoms with Gasteiger partial charge in [-0.25, -0.2) is 4.98 Å². The van der Waals surface area contributed by atoms with Gasteiger partial charge >= 0.3 is 0 Å². The molecule has 0 saturated heterocycles. The van der Waals surface area contributed by atoms with Crippen molar-refractivity contribution in [3.8, 4) is 0 Å². The Morgan fingerprint density at radius 1 is 1.46 bits per heavy atom. The average Bonchev–Trinajstić information content (AvgIpc) is 2.19. The number of nitrogens with zero attached hydrogens (tertiary/aromatic N) is 1. The number of aryl methyl sites for hydroxylation is 1. The second-order valence-electron chi connectivity index (χ2n) is 2.82. The molecule has 0 radical (unpaired) electrons. The fourth-order valence-electron chi connectivity index (χ4n) is 1.02. The van der Waals surface area contributed by atoms with E-state index in [0.717, 1.165) is 18.8 Å². The van der Waals surface area contributed by atoms with Crippen LogP contribution in [0.5, 0.6) is 0 Å². The van der Waals surface area contributed by atoms with Crippen molar-refractivity contribution >= 4 is 5.82 Å². The van der Waals surface area contributed by atoms with E-state index in [1.165, 1.54) is 5.56 Å². The van der Waals surface area contributed by atoms with Crippen LogP contribution in [0.3, 0.4) is 0 Å². The number of hydrogen-bond acceptors (Lipinski definition) is 3. The van der Waals surface area contributed by atoms with Crippen LogP contribution in [0.4, 0.5) is 5.82 Å². The van der Waals surface area contributed by atoms with Gasteiger partial charge in [-0.15, -0.1) is 0 Å². The maximum Gasteiger partial charge on any atom is 0.125 e. The molecule has 0 aliphatic heterocycles. The molecule has 1 aromatic heterocycles. The van der Waals surface area contributed by atoms with Crippen LogP contribution >= 0.6 is 0 Å². The number of ether oxygens (including phenoxy) is 1. The van der Waals surface area contributed by atoms with Gasteiger partial charge in [0.1, 0.15) is 5.82 Å². The summed E-state index contributed by atoms with van der Waals surface area (Å²) in [5, 5.41) is 3.16. The highest BCUT2D eigenvalue weighted by atomic mass is 16.5. The number of nitrogens with one attached hydrogen (secondary N) is 1. The Hall–Kier alpha value is -1.09. The molecule has 0 amide bonds. The molecule has 1 N–H and O–H groups in total. The van der Waals surface area contributed by atoms with Crippen LogP contribution in [-0.4, -0.2) is 25.2 Å². The molecule has 0 spiro atoms. The van der Waals surface area contributed by atoms with Crippen LogP contribution in [0, 0.1) is 0 Å². The van der Waals surface area contributed by atoms with E-state index in [1.807, 2.05) is 12.3 Å². The zero-order chi connectivity index (χ0) is 9.52. The first-order valence-electron chi connectivity index (χ1n) is 4.54. The maximum absolute atomic E-state index is 4.92. The minimum atomic E-state index is 0.706. The largest absolute Gasteiger partial charge is 0.383 e. The molecule has 0 aliphatic carbocycles. The Morgan fingerprint density at radius 2 is 2.31 bits per heavy atom. The lowest BCUT2D eigenvalue weighted by atomic mass is 10.2. The minimum absolute atomic E-state index is 0.706. The first-order valence-corrected chi connectivity index (χ1v) is 4.54. The number of pyridine rings is 1. The third-order valence-corrected chi connectivity index (χ3v) is 1.85. The van der Waals surface area contributed by atoms with E-state index in [2.05, 4.69) is 23.3 Å². The molecule has 0 bridgehead atoms. The van der Waals surface area contributed by atoms with Crippen molar-refractivity contribution in [3.05, 3.63) is 23.9 Å². The predicted octanol–water partition coefficient (Wildman–Crippen LogP) is 1.70. The Kier molecular flexibility index (Phi) is 4.26. The topological polar surface area (TPSA) is 34.1 Å². The standard InChI is InChI=1S/C10H16N2O/c1-3-9-4-5-10(12-8-9)11-6-7-13-2/h4-5,8H,3,6-7H2,1-2H3,(H,11,12). The Morgan fingerprint density at radius 3 is 2.85 bits per heavy atom. The van der Waals surface area contributed by atoms with Crippen molar-refractivity contribution in [1.29, 1.82) is 0 Å². The molecule has 3 heteroatoms. The van der Waals surface area contributed by atoms with Gasteiger partial charge in [0.15, 0.2) is 0 Å². The number of anilines is 1. The molecule has 13 heavy (non-hydrogen) atoms. The number of aromatic nitrogens is 1. The normalized spacial score (nSPS) is 10.0. The van der Waals surface area contributed by atoms with Gasteiger partial charge in [0.25, 0.3) is 0 Å². The van der Waals surface area contributed by atoms with E-state index in [-0.39, 0.29) is 0 Å². The quantitative estimate of drug-likeness (QED) is 0.700. The summed E-state index contributed by atoms with van der Waals surface area (Å²) in [5.41, 5.74) is 1.26. The lowest BCUT2D eigenvalue weighted by Crippen LogP contribution is -2.08. The summed E-state index contributed by atoms with van der Waals surface area (Å²) in [6.07, 6.45) is 2.93. The summed E-state index contributed by atoms with van der Waals surface area (Å²) >= 11 is 0. The highest BCUT2D eigenvalue weighted by Crippen LogP contribution is 2.04. The second kappa shape index (κ2) is 5.54. The molecule has 0 unspecified atom stereocenters. The molecule has 3 nitrogen and oxygen atoms in total. The fraction of sp³-hybridized carbons (Fsp3) is 0.500. The van der Waals surface area contributed by atoms with Gasteiger partial charge in [-0.1, -0.05) is 13.0 Å². The van der Waals surface area contributed by atoms with Crippen molar-refractivity contribution in [2.24, 2.45) is 0 Å². The Balaban J connectivity index is 2.40. The fourth-order valence-corrected chi connectivity index (χ4v) is 1.02. The molecule has 0 fully saturated rings. The summed E-state index contributed by atoms with van der Waals surface area (Å²) < 4.78 is 4.92. The maximum atomic E-state index is 4.92. The van der Waals surface area contributed by atoms with Gasteiger partial charge < -0.3 is 10.1 Å². The highest BCUT2D eigenvalue weighted by molar-refractivity contribution is 5.35. The van der Waals surface area contributed by atoms with Crippen LogP contribution in [0.15, 0.2) is 18.3 Å². The summed E-state index contributed by atoms with van der Waals surface area (Å²) in [6, 6.07) is 4.08. The van der Waals surface area contributed by atoms with Gasteiger partial charge in [-0.05, 0) is 18.1 Å². The second-order valence-corrected chi connectivity index (χ2v) is 2.82. The van der Waals surface area contributed by atoms with E-state index in [4.69, 9.17) is 4.74 Å². The molecule has 0 aliphatic rings. The number of methoxy groups -OCH3 is 1. The molecular weight excluding hydrogens is 164 g/mol. The van der Waals surface area contributed by atoms with Crippen LogP contribution in [-0.2, 0) is 11.2 Å². The lowest BCUT2D eigenvalue weighted by molar-refractivity contribution is 0.210. The first kappa shape index (κ1) is 9.99. The summed E-state index contributed by atoms with van der Waals surface area (Å²) in [6.45, 7) is 3.63. The lowest BCUT2D eigenvalue weighted by Gasteiger charge is -2.04. The SMILES string of the molecule is CCc1ccc(NCCOC)nc1. The van der Waals surface area contributed by atoms with Crippen molar-refractivity contribution in [3.63, 3.8) is 0 Å². The third-order valence-electron chi connectivity index (χ3n) is 1.85. The number of rotatable bonds is 5. The van der Waals surface area contributed by atoms with Crippen LogP contribution in [0.1, 0.15) is 12.5 Å². The number of hydrogen-bond donors (Lipinski definition) is 1. The van der Waals surface area contributed by atoms with Crippen molar-refractivity contribution in [2.45, 2.75) is 13.3 Å². The van der Waals surface area contributed by atoms with E-state index in [9.17, 15) is 0 Å². The van der Waals surface area contributed by atoms with E-state index in [0.29, 0.717) is 6.61 Å². The van der Waals surface area contributed by atoms with Gasteiger partial charge in [0.2, 0.25) is 0 Å². The predicted molar refractivity (Wildman–Crippen MR) is 54.0 cm³/mol. The molecular formula is C10H16N2O. The van der Waals surface area contributed by atoms with E-state index < -0.39 is 0 Å². The molecule has 1 heterocycles. The average molecular weight is 180 g/mol. The molecule has 0 aromatic carbocycles. The monoisotopic (exact) mass is 180 g/mol. The molecule has 1 rings (SSSR count). The third kappa shape index (κ3) is 3.42. The van der Waals surface area contributed by atoms with Crippen molar-refractivity contribution < 1.29 is 4.74 Å².